The van der Waals surface area contributed by atoms with Gasteiger partial charge in [0.25, 0.3) is 0 Å². The standard InChI is InChI=1S/C18H26Cl2N2O3S/c1-12(2)13(3)21-18(23)14-6-5-9-22(10-14)26(24,25)11-15-16(19)7-4-8-17(15)20/h4,7-8,12-14H,5-6,9-11H2,1-3H3,(H,21,23)/t13-,14-/m1/s1. The highest BCUT2D eigenvalue weighted by Crippen LogP contribution is 2.29. The first-order chi connectivity index (χ1) is 12.1. The smallest absolute Gasteiger partial charge is 0.224 e. The number of benzene rings is 1. The highest BCUT2D eigenvalue weighted by molar-refractivity contribution is 7.88. The first kappa shape index (κ1) is 21.5. The van der Waals surface area contributed by atoms with Crippen LogP contribution in [0.25, 0.3) is 0 Å². The average molecular weight is 421 g/mol. The second kappa shape index (κ2) is 8.91. The molecule has 0 aromatic heterocycles. The molecule has 5 nitrogen and oxygen atoms in total. The van der Waals surface area contributed by atoms with Gasteiger partial charge < -0.3 is 5.32 Å². The lowest BCUT2D eigenvalue weighted by atomic mass is 9.97. The van der Waals surface area contributed by atoms with Gasteiger partial charge in [0.1, 0.15) is 0 Å². The highest BCUT2D eigenvalue weighted by Gasteiger charge is 2.33. The van der Waals surface area contributed by atoms with Crippen LogP contribution >= 0.6 is 23.2 Å². The zero-order valence-corrected chi connectivity index (χ0v) is 17.7. The van der Waals surface area contributed by atoms with Crippen LogP contribution in [0.15, 0.2) is 18.2 Å². The van der Waals surface area contributed by atoms with Crippen molar-refractivity contribution < 1.29 is 13.2 Å². The number of amides is 1. The molecule has 0 radical (unpaired) electrons. The zero-order valence-electron chi connectivity index (χ0n) is 15.3. The molecule has 146 valence electrons. The second-order valence-corrected chi connectivity index (χ2v) is 9.98. The Kier molecular flexibility index (Phi) is 7.36. The Morgan fingerprint density at radius 1 is 1.27 bits per heavy atom. The van der Waals surface area contributed by atoms with Crippen LogP contribution in [0.5, 0.6) is 0 Å². The van der Waals surface area contributed by atoms with Gasteiger partial charge in [0.2, 0.25) is 15.9 Å². The minimum absolute atomic E-state index is 0.0522. The summed E-state index contributed by atoms with van der Waals surface area (Å²) in [6.07, 6.45) is 1.35. The van der Waals surface area contributed by atoms with E-state index in [9.17, 15) is 13.2 Å². The third-order valence-corrected chi connectivity index (χ3v) is 7.39. The van der Waals surface area contributed by atoms with Crippen LogP contribution in [0, 0.1) is 11.8 Å². The molecule has 1 aromatic carbocycles. The summed E-state index contributed by atoms with van der Waals surface area (Å²) in [5.74, 6) is -0.351. The lowest BCUT2D eigenvalue weighted by molar-refractivity contribution is -0.127. The van der Waals surface area contributed by atoms with E-state index in [0.29, 0.717) is 40.9 Å². The number of hydrogen-bond donors (Lipinski definition) is 1. The van der Waals surface area contributed by atoms with Gasteiger partial charge in [-0.3, -0.25) is 4.79 Å². The largest absolute Gasteiger partial charge is 0.353 e. The SMILES string of the molecule is CC(C)[C@@H](C)NC(=O)[C@@H]1CCCN(S(=O)(=O)Cc2c(Cl)cccc2Cl)C1. The van der Waals surface area contributed by atoms with Crippen LogP contribution < -0.4 is 5.32 Å². The zero-order chi connectivity index (χ0) is 19.5. The lowest BCUT2D eigenvalue weighted by Gasteiger charge is -2.32. The minimum Gasteiger partial charge on any atom is -0.353 e. The first-order valence-electron chi connectivity index (χ1n) is 8.83. The number of carbonyl (C=O) groups excluding carboxylic acids is 1. The van der Waals surface area contributed by atoms with E-state index in [2.05, 4.69) is 5.32 Å². The molecule has 0 bridgehead atoms. The van der Waals surface area contributed by atoms with Crippen molar-refractivity contribution in [2.24, 2.45) is 11.8 Å². The fourth-order valence-corrected chi connectivity index (χ4v) is 5.22. The number of hydrogen-bond acceptors (Lipinski definition) is 3. The molecular weight excluding hydrogens is 395 g/mol. The molecule has 26 heavy (non-hydrogen) atoms. The van der Waals surface area contributed by atoms with Crippen molar-refractivity contribution in [3.05, 3.63) is 33.8 Å². The number of piperidine rings is 1. The average Bonchev–Trinajstić information content (AvgIpc) is 2.58. The molecule has 1 aromatic rings. The third-order valence-electron chi connectivity index (χ3n) is 4.91. The Bertz CT molecular complexity index is 733. The Hall–Kier alpha value is -0.820. The molecule has 1 heterocycles. The fourth-order valence-electron chi connectivity index (χ4n) is 2.86. The summed E-state index contributed by atoms with van der Waals surface area (Å²) in [6, 6.07) is 4.98. The number of halogens is 2. The van der Waals surface area contributed by atoms with Gasteiger partial charge in [-0.15, -0.1) is 0 Å². The quantitative estimate of drug-likeness (QED) is 0.762. The predicted molar refractivity (Wildman–Crippen MR) is 106 cm³/mol. The second-order valence-electron chi connectivity index (χ2n) is 7.19. The lowest BCUT2D eigenvalue weighted by Crippen LogP contribution is -2.48. The van der Waals surface area contributed by atoms with Crippen LogP contribution in [-0.4, -0.2) is 37.8 Å². The predicted octanol–water partition coefficient (Wildman–Crippen LogP) is 3.70. The van der Waals surface area contributed by atoms with E-state index in [1.807, 2.05) is 20.8 Å². The summed E-state index contributed by atoms with van der Waals surface area (Å²) < 4.78 is 27.1. The van der Waals surface area contributed by atoms with Crippen molar-refractivity contribution in [3.63, 3.8) is 0 Å². The summed E-state index contributed by atoms with van der Waals surface area (Å²) in [6.45, 7) is 6.64. The van der Waals surface area contributed by atoms with E-state index in [0.717, 1.165) is 0 Å². The van der Waals surface area contributed by atoms with Gasteiger partial charge in [-0.1, -0.05) is 43.1 Å². The van der Waals surface area contributed by atoms with Crippen molar-refractivity contribution in [2.75, 3.05) is 13.1 Å². The normalized spacial score (nSPS) is 20.2. The Morgan fingerprint density at radius 2 is 1.88 bits per heavy atom. The maximum Gasteiger partial charge on any atom is 0.224 e. The maximum absolute atomic E-state index is 12.8. The molecule has 2 atom stereocenters. The molecule has 8 heteroatoms. The van der Waals surface area contributed by atoms with E-state index < -0.39 is 10.0 Å². The van der Waals surface area contributed by atoms with Crippen LogP contribution in [0.3, 0.4) is 0 Å². The Labute approximate surface area is 166 Å². The monoisotopic (exact) mass is 420 g/mol. The molecule has 0 aliphatic carbocycles. The molecule has 0 unspecified atom stereocenters. The molecule has 2 rings (SSSR count). The van der Waals surface area contributed by atoms with Crippen LogP contribution in [0.4, 0.5) is 0 Å². The number of rotatable bonds is 6. The molecule has 0 saturated carbocycles. The summed E-state index contributed by atoms with van der Waals surface area (Å²) in [4.78, 5) is 12.5. The molecule has 1 amide bonds. The van der Waals surface area contributed by atoms with Crippen LogP contribution in [0.2, 0.25) is 10.0 Å². The van der Waals surface area contributed by atoms with Gasteiger partial charge in [0.05, 0.1) is 11.7 Å². The summed E-state index contributed by atoms with van der Waals surface area (Å²) in [5.41, 5.74) is 0.399. The highest BCUT2D eigenvalue weighted by atomic mass is 35.5. The summed E-state index contributed by atoms with van der Waals surface area (Å²) in [5, 5.41) is 3.65. The number of nitrogens with one attached hydrogen (secondary N) is 1. The van der Waals surface area contributed by atoms with Gasteiger partial charge >= 0.3 is 0 Å². The van der Waals surface area contributed by atoms with Gasteiger partial charge in [0, 0.05) is 34.7 Å². The number of carbonyl (C=O) groups is 1. The van der Waals surface area contributed by atoms with Crippen LogP contribution in [-0.2, 0) is 20.6 Å². The van der Waals surface area contributed by atoms with Gasteiger partial charge in [-0.25, -0.2) is 12.7 Å². The molecular formula is C18H26Cl2N2O3S. The van der Waals surface area contributed by atoms with Crippen molar-refractivity contribution in [3.8, 4) is 0 Å². The van der Waals surface area contributed by atoms with Gasteiger partial charge in [-0.2, -0.15) is 0 Å². The van der Waals surface area contributed by atoms with E-state index >= 15 is 0 Å². The topological polar surface area (TPSA) is 66.5 Å². The molecule has 1 N–H and O–H groups in total. The van der Waals surface area contributed by atoms with E-state index in [1.165, 1.54) is 4.31 Å². The molecule has 1 fully saturated rings. The maximum atomic E-state index is 12.8. The van der Waals surface area contributed by atoms with E-state index in [4.69, 9.17) is 23.2 Å². The summed E-state index contributed by atoms with van der Waals surface area (Å²) >= 11 is 12.2. The Balaban J connectivity index is 2.09. The number of nitrogens with zero attached hydrogens (tertiary/aromatic N) is 1. The van der Waals surface area contributed by atoms with Crippen LogP contribution in [0.1, 0.15) is 39.2 Å². The first-order valence-corrected chi connectivity index (χ1v) is 11.2. The van der Waals surface area contributed by atoms with Crippen molar-refractivity contribution in [2.45, 2.75) is 45.4 Å². The van der Waals surface area contributed by atoms with E-state index in [-0.39, 0.29) is 30.2 Å². The van der Waals surface area contributed by atoms with Crippen molar-refractivity contribution in [1.29, 1.82) is 0 Å². The fraction of sp³-hybridized carbons (Fsp3) is 0.611. The third kappa shape index (κ3) is 5.35. The molecule has 0 spiro atoms. The molecule has 1 aliphatic heterocycles. The summed E-state index contributed by atoms with van der Waals surface area (Å²) in [7, 11) is -3.61. The van der Waals surface area contributed by atoms with Crippen molar-refractivity contribution in [1.82, 2.24) is 9.62 Å². The molecule has 1 aliphatic rings. The Morgan fingerprint density at radius 3 is 2.46 bits per heavy atom. The van der Waals surface area contributed by atoms with E-state index in [1.54, 1.807) is 18.2 Å². The van der Waals surface area contributed by atoms with Gasteiger partial charge in [0.15, 0.2) is 0 Å². The number of sulfonamides is 1. The minimum atomic E-state index is -3.61. The molecule has 1 saturated heterocycles. The van der Waals surface area contributed by atoms with Crippen molar-refractivity contribution >= 4 is 39.1 Å². The van der Waals surface area contributed by atoms with Gasteiger partial charge in [-0.05, 0) is 37.8 Å².